The van der Waals surface area contributed by atoms with Crippen LogP contribution in [0.15, 0.2) is 0 Å². The molecule has 0 radical (unpaired) electrons. The molecule has 1 aromatic heterocycles. The summed E-state index contributed by atoms with van der Waals surface area (Å²) in [4.78, 5) is 13.3. The van der Waals surface area contributed by atoms with Crippen LogP contribution in [0.2, 0.25) is 0 Å². The minimum absolute atomic E-state index is 0.0906. The number of carbonyl (C=O) groups excluding carboxylic acids is 1. The van der Waals surface area contributed by atoms with Crippen molar-refractivity contribution >= 4 is 17.3 Å². The fourth-order valence-corrected chi connectivity index (χ4v) is 3.29. The second kappa shape index (κ2) is 4.84. The van der Waals surface area contributed by atoms with E-state index >= 15 is 0 Å². The average Bonchev–Trinajstić information content (AvgIpc) is 2.78. The highest BCUT2D eigenvalue weighted by molar-refractivity contribution is 7.08. The fraction of sp³-hybridized carbons (Fsp3) is 0.769. The predicted octanol–water partition coefficient (Wildman–Crippen LogP) is 3.60. The summed E-state index contributed by atoms with van der Waals surface area (Å²) >= 11 is 1.27. The van der Waals surface area contributed by atoms with E-state index in [1.807, 2.05) is 0 Å². The molecule has 4 heteroatoms. The van der Waals surface area contributed by atoms with Crippen LogP contribution in [0, 0.1) is 5.92 Å². The molecule has 0 aromatic carbocycles. The van der Waals surface area contributed by atoms with E-state index < -0.39 is 0 Å². The third-order valence-corrected chi connectivity index (χ3v) is 4.14. The largest absolute Gasteiger partial charge is 0.293 e. The Balaban J connectivity index is 2.22. The lowest BCUT2D eigenvalue weighted by molar-refractivity contribution is 0.0891. The molecule has 3 nitrogen and oxygen atoms in total. The molecule has 1 heterocycles. The van der Waals surface area contributed by atoms with Crippen LogP contribution in [0.4, 0.5) is 0 Å². The molecular weight excluding hydrogens is 232 g/mol. The van der Waals surface area contributed by atoms with Crippen molar-refractivity contribution in [1.82, 2.24) is 9.59 Å². The third-order valence-electron chi connectivity index (χ3n) is 3.40. The van der Waals surface area contributed by atoms with E-state index in [0.717, 1.165) is 23.4 Å². The zero-order chi connectivity index (χ0) is 12.5. The van der Waals surface area contributed by atoms with Gasteiger partial charge in [0, 0.05) is 11.3 Å². The van der Waals surface area contributed by atoms with Crippen LogP contribution >= 0.6 is 11.5 Å². The van der Waals surface area contributed by atoms with Crippen molar-refractivity contribution in [1.29, 1.82) is 0 Å². The molecule has 1 fully saturated rings. The second-order valence-electron chi connectivity index (χ2n) is 5.90. The Labute approximate surface area is 107 Å². The van der Waals surface area contributed by atoms with Gasteiger partial charge < -0.3 is 0 Å². The van der Waals surface area contributed by atoms with Gasteiger partial charge in [0.15, 0.2) is 5.78 Å². The molecule has 0 N–H and O–H groups in total. The van der Waals surface area contributed by atoms with Crippen molar-refractivity contribution in [3.8, 4) is 0 Å². The summed E-state index contributed by atoms with van der Waals surface area (Å²) in [6, 6.07) is 0. The summed E-state index contributed by atoms with van der Waals surface area (Å²) in [6.45, 7) is 6.25. The molecule has 17 heavy (non-hydrogen) atoms. The zero-order valence-electron chi connectivity index (χ0n) is 10.8. The summed E-state index contributed by atoms with van der Waals surface area (Å²) in [6.07, 6.45) is 5.73. The van der Waals surface area contributed by atoms with Crippen molar-refractivity contribution < 1.29 is 4.79 Å². The van der Waals surface area contributed by atoms with Crippen molar-refractivity contribution in [2.45, 2.75) is 58.3 Å². The first-order chi connectivity index (χ1) is 8.00. The number of carbonyl (C=O) groups is 1. The lowest BCUT2D eigenvalue weighted by Gasteiger charge is -2.21. The van der Waals surface area contributed by atoms with Gasteiger partial charge in [-0.15, -0.1) is 5.10 Å². The monoisotopic (exact) mass is 252 g/mol. The first-order valence-corrected chi connectivity index (χ1v) is 7.14. The maximum Gasteiger partial charge on any atom is 0.179 e. The molecule has 94 valence electrons. The van der Waals surface area contributed by atoms with E-state index in [1.54, 1.807) is 0 Å². The Morgan fingerprint density at radius 2 is 1.88 bits per heavy atom. The van der Waals surface area contributed by atoms with Gasteiger partial charge in [0.2, 0.25) is 0 Å². The highest BCUT2D eigenvalue weighted by atomic mass is 32.1. The summed E-state index contributed by atoms with van der Waals surface area (Å²) in [5.74, 6) is 0.497. The standard InChI is InChI=1S/C13H20N2OS/c1-13(2,3)12-11(17-15-14-12)10(16)9-7-5-4-6-8-9/h9H,4-8H2,1-3H3. The van der Waals surface area contributed by atoms with Gasteiger partial charge in [-0.1, -0.05) is 44.5 Å². The van der Waals surface area contributed by atoms with E-state index in [1.165, 1.54) is 30.8 Å². The van der Waals surface area contributed by atoms with Crippen molar-refractivity contribution in [3.63, 3.8) is 0 Å². The maximum absolute atomic E-state index is 12.5. The first-order valence-electron chi connectivity index (χ1n) is 6.37. The van der Waals surface area contributed by atoms with E-state index in [0.29, 0.717) is 0 Å². The minimum Gasteiger partial charge on any atom is -0.293 e. The maximum atomic E-state index is 12.5. The number of aromatic nitrogens is 2. The molecule has 0 aliphatic heterocycles. The highest BCUT2D eigenvalue weighted by Gasteiger charge is 2.30. The summed E-state index contributed by atoms with van der Waals surface area (Å²) < 4.78 is 3.98. The lowest BCUT2D eigenvalue weighted by atomic mass is 9.83. The number of ketones is 1. The number of hydrogen-bond donors (Lipinski definition) is 0. The first kappa shape index (κ1) is 12.7. The van der Waals surface area contributed by atoms with Crippen LogP contribution in [0.25, 0.3) is 0 Å². The van der Waals surface area contributed by atoms with Crippen LogP contribution in [-0.2, 0) is 5.41 Å². The summed E-state index contributed by atoms with van der Waals surface area (Å²) in [5, 5.41) is 4.15. The SMILES string of the molecule is CC(C)(C)c1nnsc1C(=O)C1CCCCC1. The van der Waals surface area contributed by atoms with Gasteiger partial charge in [-0.2, -0.15) is 0 Å². The van der Waals surface area contributed by atoms with Gasteiger partial charge >= 0.3 is 0 Å². The summed E-state index contributed by atoms with van der Waals surface area (Å²) in [5.41, 5.74) is 0.783. The van der Waals surface area contributed by atoms with Crippen LogP contribution in [0.5, 0.6) is 0 Å². The Bertz CT molecular complexity index is 400. The smallest absolute Gasteiger partial charge is 0.179 e. The Morgan fingerprint density at radius 1 is 1.24 bits per heavy atom. The fourth-order valence-electron chi connectivity index (χ4n) is 2.39. The number of Topliss-reactive ketones (excluding diaryl/α,β-unsaturated/α-hetero) is 1. The Morgan fingerprint density at radius 3 is 2.47 bits per heavy atom. The van der Waals surface area contributed by atoms with Crippen LogP contribution in [-0.4, -0.2) is 15.4 Å². The molecule has 1 aliphatic carbocycles. The third kappa shape index (κ3) is 2.73. The molecular formula is C13H20N2OS. The number of nitrogens with zero attached hydrogens (tertiary/aromatic N) is 2. The Hall–Kier alpha value is -0.770. The normalized spacial score (nSPS) is 18.3. The second-order valence-corrected chi connectivity index (χ2v) is 6.65. The molecule has 1 aliphatic rings. The van der Waals surface area contributed by atoms with Gasteiger partial charge in [0.1, 0.15) is 4.88 Å². The molecule has 0 bridgehead atoms. The summed E-state index contributed by atoms with van der Waals surface area (Å²) in [7, 11) is 0. The lowest BCUT2D eigenvalue weighted by Crippen LogP contribution is -2.22. The minimum atomic E-state index is -0.0906. The topological polar surface area (TPSA) is 42.9 Å². The van der Waals surface area contributed by atoms with Gasteiger partial charge in [0.25, 0.3) is 0 Å². The molecule has 0 unspecified atom stereocenters. The molecule has 2 rings (SSSR count). The predicted molar refractivity (Wildman–Crippen MR) is 69.5 cm³/mol. The van der Waals surface area contributed by atoms with Crippen molar-refractivity contribution in [3.05, 3.63) is 10.6 Å². The highest BCUT2D eigenvalue weighted by Crippen LogP contribution is 2.32. The zero-order valence-corrected chi connectivity index (χ0v) is 11.6. The molecule has 0 atom stereocenters. The number of hydrogen-bond acceptors (Lipinski definition) is 4. The molecule has 1 aromatic rings. The average molecular weight is 252 g/mol. The Kier molecular flexibility index (Phi) is 3.61. The van der Waals surface area contributed by atoms with Gasteiger partial charge in [-0.25, -0.2) is 0 Å². The van der Waals surface area contributed by atoms with E-state index in [4.69, 9.17) is 0 Å². The molecule has 0 spiro atoms. The van der Waals surface area contributed by atoms with E-state index in [2.05, 4.69) is 30.4 Å². The quantitative estimate of drug-likeness (QED) is 0.755. The van der Waals surface area contributed by atoms with E-state index in [9.17, 15) is 4.79 Å². The molecule has 0 amide bonds. The van der Waals surface area contributed by atoms with Gasteiger partial charge in [-0.3, -0.25) is 4.79 Å². The van der Waals surface area contributed by atoms with Crippen LogP contribution < -0.4 is 0 Å². The molecule has 0 saturated heterocycles. The molecule has 1 saturated carbocycles. The van der Waals surface area contributed by atoms with Crippen LogP contribution in [0.3, 0.4) is 0 Å². The van der Waals surface area contributed by atoms with Crippen LogP contribution in [0.1, 0.15) is 68.2 Å². The van der Waals surface area contributed by atoms with Gasteiger partial charge in [0.05, 0.1) is 5.69 Å². The van der Waals surface area contributed by atoms with Crippen molar-refractivity contribution in [2.24, 2.45) is 5.92 Å². The van der Waals surface area contributed by atoms with Gasteiger partial charge in [-0.05, 0) is 24.4 Å². The number of rotatable bonds is 2. The van der Waals surface area contributed by atoms with E-state index in [-0.39, 0.29) is 17.1 Å². The van der Waals surface area contributed by atoms with Crippen molar-refractivity contribution in [2.75, 3.05) is 0 Å².